The predicted molar refractivity (Wildman–Crippen MR) is 66.3 cm³/mol. The molecule has 98 valence electrons. The molecule has 4 atom stereocenters. The van der Waals surface area contributed by atoms with Crippen LogP contribution in [0.3, 0.4) is 0 Å². The van der Waals surface area contributed by atoms with Gasteiger partial charge in [0.05, 0.1) is 18.4 Å². The summed E-state index contributed by atoms with van der Waals surface area (Å²) in [6.45, 7) is -0.111. The minimum absolute atomic E-state index is 0.106. The molecular weight excluding hydrogens is 244 g/mol. The molecule has 0 radical (unpaired) electrons. The quantitative estimate of drug-likeness (QED) is 0.423. The highest BCUT2D eigenvalue weighted by Crippen LogP contribution is 2.52. The molecule has 0 aromatic rings. The van der Waals surface area contributed by atoms with Crippen LogP contribution >= 0.6 is 0 Å². The van der Waals surface area contributed by atoms with Crippen molar-refractivity contribution in [2.45, 2.75) is 6.42 Å². The van der Waals surface area contributed by atoms with E-state index in [1.165, 1.54) is 0 Å². The smallest absolute Gasteiger partial charge is 0.240 e. The SMILES string of the molecule is C#CCNC(=O)CN1C(=O)[C@H]2[C@H](C1=O)[C@H]1C=C[C@H]2C1. The summed E-state index contributed by atoms with van der Waals surface area (Å²) in [7, 11) is 0. The topological polar surface area (TPSA) is 66.5 Å². The molecule has 3 aliphatic rings. The van der Waals surface area contributed by atoms with E-state index >= 15 is 0 Å². The Morgan fingerprint density at radius 3 is 2.42 bits per heavy atom. The van der Waals surface area contributed by atoms with Crippen LogP contribution in [-0.2, 0) is 14.4 Å². The average molecular weight is 258 g/mol. The number of allylic oxidation sites excluding steroid dienone is 2. The van der Waals surface area contributed by atoms with Crippen molar-refractivity contribution in [3.8, 4) is 12.3 Å². The number of terminal acetylenes is 1. The highest BCUT2D eigenvalue weighted by molar-refractivity contribution is 6.08. The molecule has 0 unspecified atom stereocenters. The van der Waals surface area contributed by atoms with Gasteiger partial charge in [-0.15, -0.1) is 6.42 Å². The first-order chi connectivity index (χ1) is 9.13. The number of carbonyl (C=O) groups is 3. The first-order valence-corrected chi connectivity index (χ1v) is 6.37. The van der Waals surface area contributed by atoms with E-state index in [2.05, 4.69) is 11.2 Å². The van der Waals surface area contributed by atoms with Crippen LogP contribution in [0.5, 0.6) is 0 Å². The fourth-order valence-electron chi connectivity index (χ4n) is 3.47. The third-order valence-electron chi connectivity index (χ3n) is 4.25. The summed E-state index contributed by atoms with van der Waals surface area (Å²) >= 11 is 0. The van der Waals surface area contributed by atoms with E-state index in [0.717, 1.165) is 11.3 Å². The van der Waals surface area contributed by atoms with Crippen LogP contribution < -0.4 is 5.32 Å². The van der Waals surface area contributed by atoms with E-state index in [1.54, 1.807) is 0 Å². The number of nitrogens with one attached hydrogen (secondary N) is 1. The minimum atomic E-state index is -0.389. The van der Waals surface area contributed by atoms with Crippen molar-refractivity contribution >= 4 is 17.7 Å². The van der Waals surface area contributed by atoms with Crippen molar-refractivity contribution in [1.82, 2.24) is 10.2 Å². The Morgan fingerprint density at radius 1 is 1.32 bits per heavy atom. The normalized spacial score (nSPS) is 34.6. The lowest BCUT2D eigenvalue weighted by Gasteiger charge is -2.16. The Morgan fingerprint density at radius 2 is 1.89 bits per heavy atom. The molecule has 5 nitrogen and oxygen atoms in total. The zero-order chi connectivity index (χ0) is 13.6. The van der Waals surface area contributed by atoms with Crippen LogP contribution in [0.1, 0.15) is 6.42 Å². The standard InChI is InChI=1S/C14H14N2O3/c1-2-5-15-10(17)7-16-13(18)11-8-3-4-9(6-8)12(11)14(16)19/h1,3-4,8-9,11-12H,5-7H2,(H,15,17)/t8-,9-,11+,12+/m0/s1. The largest absolute Gasteiger partial charge is 0.344 e. The monoisotopic (exact) mass is 258 g/mol. The number of likely N-dealkylation sites (tertiary alicyclic amines) is 1. The molecule has 1 saturated carbocycles. The van der Waals surface area contributed by atoms with Crippen molar-refractivity contribution in [3.63, 3.8) is 0 Å². The first-order valence-electron chi connectivity index (χ1n) is 6.37. The third-order valence-corrected chi connectivity index (χ3v) is 4.25. The molecule has 1 saturated heterocycles. The van der Waals surface area contributed by atoms with Crippen LogP contribution in [-0.4, -0.2) is 35.7 Å². The predicted octanol–water partition coefficient (Wildman–Crippen LogP) is -0.457. The fourth-order valence-corrected chi connectivity index (χ4v) is 3.47. The van der Waals surface area contributed by atoms with Gasteiger partial charge in [0.1, 0.15) is 6.54 Å². The van der Waals surface area contributed by atoms with Crippen LogP contribution in [0.2, 0.25) is 0 Å². The second-order valence-corrected chi connectivity index (χ2v) is 5.24. The fraction of sp³-hybridized carbons (Fsp3) is 0.500. The van der Waals surface area contributed by atoms with Gasteiger partial charge >= 0.3 is 0 Å². The second-order valence-electron chi connectivity index (χ2n) is 5.24. The lowest BCUT2D eigenvalue weighted by atomic mass is 9.85. The van der Waals surface area contributed by atoms with Crippen LogP contribution in [0, 0.1) is 36.0 Å². The maximum absolute atomic E-state index is 12.2. The number of nitrogens with zero attached hydrogens (tertiary/aromatic N) is 1. The number of imide groups is 1. The summed E-state index contributed by atoms with van der Waals surface area (Å²) in [5.74, 6) is 1.33. The van der Waals surface area contributed by atoms with Crippen molar-refractivity contribution in [3.05, 3.63) is 12.2 Å². The third kappa shape index (κ3) is 1.67. The lowest BCUT2D eigenvalue weighted by Crippen LogP contribution is -2.41. The van der Waals surface area contributed by atoms with Gasteiger partial charge in [0.15, 0.2) is 0 Å². The van der Waals surface area contributed by atoms with Crippen LogP contribution in [0.4, 0.5) is 0 Å². The molecule has 5 heteroatoms. The molecule has 2 aliphatic carbocycles. The van der Waals surface area contributed by atoms with E-state index in [0.29, 0.717) is 0 Å². The van der Waals surface area contributed by atoms with Crippen molar-refractivity contribution in [2.75, 3.05) is 13.1 Å². The van der Waals surface area contributed by atoms with Gasteiger partial charge in [-0.05, 0) is 18.3 Å². The van der Waals surface area contributed by atoms with Crippen LogP contribution in [0.15, 0.2) is 12.2 Å². The van der Waals surface area contributed by atoms with Gasteiger partial charge in [0.2, 0.25) is 17.7 Å². The second kappa shape index (κ2) is 4.23. The van der Waals surface area contributed by atoms with E-state index in [9.17, 15) is 14.4 Å². The maximum atomic E-state index is 12.2. The molecule has 3 rings (SSSR count). The summed E-state index contributed by atoms with van der Waals surface area (Å²) in [4.78, 5) is 37.2. The van der Waals surface area contributed by atoms with Gasteiger partial charge in [0.25, 0.3) is 0 Å². The summed E-state index contributed by atoms with van der Waals surface area (Å²) in [5, 5.41) is 2.47. The van der Waals surface area contributed by atoms with Gasteiger partial charge in [-0.3, -0.25) is 19.3 Å². The highest BCUT2D eigenvalue weighted by atomic mass is 16.2. The molecule has 2 fully saturated rings. The van der Waals surface area contributed by atoms with Crippen molar-refractivity contribution in [2.24, 2.45) is 23.7 Å². The van der Waals surface area contributed by atoms with Gasteiger partial charge < -0.3 is 5.32 Å². The number of rotatable bonds is 3. The Bertz CT molecular complexity index is 501. The average Bonchev–Trinajstić information content (AvgIpc) is 3.06. The lowest BCUT2D eigenvalue weighted by molar-refractivity contribution is -0.144. The molecule has 19 heavy (non-hydrogen) atoms. The Labute approximate surface area is 111 Å². The molecule has 3 amide bonds. The number of amides is 3. The molecule has 0 spiro atoms. The highest BCUT2D eigenvalue weighted by Gasteiger charge is 2.59. The van der Waals surface area contributed by atoms with Crippen LogP contribution in [0.25, 0.3) is 0 Å². The van der Waals surface area contributed by atoms with E-state index in [4.69, 9.17) is 6.42 Å². The number of fused-ring (bicyclic) bond motifs is 5. The molecule has 0 aromatic carbocycles. The summed E-state index contributed by atoms with van der Waals surface area (Å²) in [5.41, 5.74) is 0. The Hall–Kier alpha value is -2.09. The molecule has 1 heterocycles. The van der Waals surface area contributed by atoms with Gasteiger partial charge in [-0.25, -0.2) is 0 Å². The van der Waals surface area contributed by atoms with E-state index < -0.39 is 0 Å². The first kappa shape index (κ1) is 12.0. The van der Waals surface area contributed by atoms with Gasteiger partial charge in [-0.1, -0.05) is 18.1 Å². The molecule has 0 aromatic heterocycles. The zero-order valence-corrected chi connectivity index (χ0v) is 10.3. The van der Waals surface area contributed by atoms with E-state index in [1.807, 2.05) is 12.2 Å². The Balaban J connectivity index is 1.72. The summed E-state index contributed by atoms with van der Waals surface area (Å²) < 4.78 is 0. The number of carbonyl (C=O) groups excluding carboxylic acids is 3. The van der Waals surface area contributed by atoms with E-state index in [-0.39, 0.29) is 54.5 Å². The molecule has 1 N–H and O–H groups in total. The molecular formula is C14H14N2O3. The van der Waals surface area contributed by atoms with Crippen molar-refractivity contribution in [1.29, 1.82) is 0 Å². The van der Waals surface area contributed by atoms with Gasteiger partial charge in [0, 0.05) is 0 Å². The maximum Gasteiger partial charge on any atom is 0.240 e. The molecule has 2 bridgehead atoms. The molecule has 1 aliphatic heterocycles. The van der Waals surface area contributed by atoms with Crippen molar-refractivity contribution < 1.29 is 14.4 Å². The number of hydrogen-bond acceptors (Lipinski definition) is 3. The minimum Gasteiger partial charge on any atom is -0.344 e. The number of hydrogen-bond donors (Lipinski definition) is 1. The summed E-state index contributed by atoms with van der Waals surface area (Å²) in [6, 6.07) is 0. The summed E-state index contributed by atoms with van der Waals surface area (Å²) in [6.07, 6.45) is 9.98. The zero-order valence-electron chi connectivity index (χ0n) is 10.3. The van der Waals surface area contributed by atoms with Gasteiger partial charge in [-0.2, -0.15) is 0 Å². The Kier molecular flexibility index (Phi) is 2.67.